The van der Waals surface area contributed by atoms with Crippen LogP contribution in [0, 0.1) is 0 Å². The second kappa shape index (κ2) is 12.2. The molecule has 230 valence electrons. The molecule has 0 N–H and O–H groups in total. The lowest BCUT2D eigenvalue weighted by Gasteiger charge is -2.09. The molecule has 0 saturated carbocycles. The summed E-state index contributed by atoms with van der Waals surface area (Å²) in [5, 5.41) is 2.05. The molecule has 9 aromatic rings. The summed E-state index contributed by atoms with van der Waals surface area (Å²) in [4.78, 5) is 14.9. The van der Waals surface area contributed by atoms with Gasteiger partial charge < -0.3 is 4.42 Å². The molecule has 2 heterocycles. The van der Waals surface area contributed by atoms with E-state index in [0.29, 0.717) is 17.5 Å². The Morgan fingerprint density at radius 2 is 0.735 bits per heavy atom. The van der Waals surface area contributed by atoms with Gasteiger partial charge in [-0.15, -0.1) is 0 Å². The van der Waals surface area contributed by atoms with E-state index in [1.165, 1.54) is 11.1 Å². The zero-order valence-electron chi connectivity index (χ0n) is 26.5. The molecule has 0 aliphatic heterocycles. The van der Waals surface area contributed by atoms with Crippen molar-refractivity contribution >= 4 is 21.9 Å². The minimum atomic E-state index is 0.564. The molecule has 0 amide bonds. The number of fused-ring (bicyclic) bond motifs is 3. The minimum Gasteiger partial charge on any atom is -0.455 e. The summed E-state index contributed by atoms with van der Waals surface area (Å²) in [6.07, 6.45) is 0. The number of hydrogen-bond donors (Lipinski definition) is 0. The zero-order chi connectivity index (χ0) is 32.6. The first-order chi connectivity index (χ1) is 24.3. The molecule has 0 unspecified atom stereocenters. The standard InChI is InChI=1S/C45H29N3O/c1-5-14-30(15-6-1)32-24-26-33(27-25-32)39-28-36(31-16-7-2-8-17-31)29-40-37-22-13-23-38(41(37)49-42(39)40)45-47-43(34-18-9-3-10-19-34)46-44(48-45)35-20-11-4-12-21-35/h1-29H. The lowest BCUT2D eigenvalue weighted by molar-refractivity contribution is 0.670. The summed E-state index contributed by atoms with van der Waals surface area (Å²) < 4.78 is 6.92. The number of nitrogens with zero attached hydrogens (tertiary/aromatic N) is 3. The van der Waals surface area contributed by atoms with Crippen molar-refractivity contribution < 1.29 is 4.42 Å². The lowest BCUT2D eigenvalue weighted by Crippen LogP contribution is -2.00. The molecule has 0 radical (unpaired) electrons. The number of aromatic nitrogens is 3. The van der Waals surface area contributed by atoms with E-state index in [-0.39, 0.29) is 0 Å². The van der Waals surface area contributed by atoms with Crippen LogP contribution in [-0.4, -0.2) is 15.0 Å². The molecule has 0 bridgehead atoms. The van der Waals surface area contributed by atoms with Crippen molar-refractivity contribution in [3.8, 4) is 67.5 Å². The van der Waals surface area contributed by atoms with Crippen molar-refractivity contribution in [3.63, 3.8) is 0 Å². The molecule has 0 aliphatic carbocycles. The summed E-state index contributed by atoms with van der Waals surface area (Å²) >= 11 is 0. The molecule has 49 heavy (non-hydrogen) atoms. The third-order valence-corrected chi connectivity index (χ3v) is 8.95. The van der Waals surface area contributed by atoms with E-state index in [9.17, 15) is 0 Å². The average molecular weight is 628 g/mol. The first-order valence-corrected chi connectivity index (χ1v) is 16.4. The fourth-order valence-corrected chi connectivity index (χ4v) is 6.49. The van der Waals surface area contributed by atoms with Gasteiger partial charge in [0.25, 0.3) is 0 Å². The fourth-order valence-electron chi connectivity index (χ4n) is 6.49. The SMILES string of the molecule is c1ccc(-c2ccc(-c3cc(-c4ccccc4)cc4c3oc3c(-c5nc(-c6ccccc6)nc(-c6ccccc6)n5)cccc34)cc2)cc1. The predicted molar refractivity (Wildman–Crippen MR) is 200 cm³/mol. The van der Waals surface area contributed by atoms with Crippen LogP contribution in [0.2, 0.25) is 0 Å². The first kappa shape index (κ1) is 28.6. The molecule has 4 nitrogen and oxygen atoms in total. The Bertz CT molecular complexity index is 2500. The van der Waals surface area contributed by atoms with Crippen LogP contribution in [0.15, 0.2) is 180 Å². The van der Waals surface area contributed by atoms with E-state index < -0.39 is 0 Å². The van der Waals surface area contributed by atoms with Gasteiger partial charge in [0.2, 0.25) is 0 Å². The molecule has 0 saturated heterocycles. The van der Waals surface area contributed by atoms with E-state index in [4.69, 9.17) is 19.4 Å². The molecule has 9 rings (SSSR count). The third-order valence-electron chi connectivity index (χ3n) is 8.95. The van der Waals surface area contributed by atoms with Crippen LogP contribution >= 0.6 is 0 Å². The van der Waals surface area contributed by atoms with Crippen LogP contribution in [0.1, 0.15) is 0 Å². The molecule has 7 aromatic carbocycles. The Labute approximate surface area is 284 Å². The quantitative estimate of drug-likeness (QED) is 0.184. The molecule has 0 aliphatic rings. The molecule has 0 fully saturated rings. The van der Waals surface area contributed by atoms with E-state index >= 15 is 0 Å². The first-order valence-electron chi connectivity index (χ1n) is 16.4. The highest BCUT2D eigenvalue weighted by Gasteiger charge is 2.20. The van der Waals surface area contributed by atoms with Gasteiger partial charge in [-0.1, -0.05) is 158 Å². The Hall–Kier alpha value is -6.65. The smallest absolute Gasteiger partial charge is 0.167 e. The van der Waals surface area contributed by atoms with Gasteiger partial charge in [0.05, 0.1) is 5.56 Å². The largest absolute Gasteiger partial charge is 0.455 e. The molecular formula is C45H29N3O. The number of hydrogen-bond acceptors (Lipinski definition) is 4. The van der Waals surface area contributed by atoms with E-state index in [2.05, 4.69) is 97.1 Å². The normalized spacial score (nSPS) is 11.3. The van der Waals surface area contributed by atoms with Gasteiger partial charge in [0.1, 0.15) is 11.2 Å². The highest BCUT2D eigenvalue weighted by Crippen LogP contribution is 2.42. The Morgan fingerprint density at radius 1 is 0.286 bits per heavy atom. The number of para-hydroxylation sites is 1. The Morgan fingerprint density at radius 3 is 1.31 bits per heavy atom. The van der Waals surface area contributed by atoms with Crippen molar-refractivity contribution in [1.82, 2.24) is 15.0 Å². The third kappa shape index (κ3) is 5.35. The zero-order valence-corrected chi connectivity index (χ0v) is 26.5. The topological polar surface area (TPSA) is 51.8 Å². The minimum absolute atomic E-state index is 0.564. The van der Waals surface area contributed by atoms with Crippen LogP contribution in [0.5, 0.6) is 0 Å². The Balaban J connectivity index is 1.27. The van der Waals surface area contributed by atoms with Gasteiger partial charge in [-0.2, -0.15) is 0 Å². The van der Waals surface area contributed by atoms with Gasteiger partial charge >= 0.3 is 0 Å². The van der Waals surface area contributed by atoms with Gasteiger partial charge in [-0.05, 0) is 46.0 Å². The maximum atomic E-state index is 6.92. The van der Waals surface area contributed by atoms with E-state index in [1.807, 2.05) is 78.9 Å². The summed E-state index contributed by atoms with van der Waals surface area (Å²) in [6, 6.07) is 60.5. The van der Waals surface area contributed by atoms with Crippen molar-refractivity contribution in [1.29, 1.82) is 0 Å². The van der Waals surface area contributed by atoms with Gasteiger partial charge in [0, 0.05) is 27.5 Å². The Kier molecular flexibility index (Phi) is 7.10. The summed E-state index contributed by atoms with van der Waals surface area (Å²) in [6.45, 7) is 0. The van der Waals surface area contributed by atoms with Crippen LogP contribution in [0.4, 0.5) is 0 Å². The summed E-state index contributed by atoms with van der Waals surface area (Å²) in [5.74, 6) is 1.79. The highest BCUT2D eigenvalue weighted by atomic mass is 16.3. The van der Waals surface area contributed by atoms with Crippen LogP contribution in [0.3, 0.4) is 0 Å². The number of rotatable bonds is 6. The van der Waals surface area contributed by atoms with Gasteiger partial charge in [-0.25, -0.2) is 15.0 Å². The molecule has 0 atom stereocenters. The number of furan rings is 1. The molecule has 0 spiro atoms. The van der Waals surface area contributed by atoms with E-state index in [1.54, 1.807) is 0 Å². The van der Waals surface area contributed by atoms with E-state index in [0.717, 1.165) is 60.9 Å². The number of benzene rings is 7. The van der Waals surface area contributed by atoms with Crippen LogP contribution < -0.4 is 0 Å². The summed E-state index contributed by atoms with van der Waals surface area (Å²) in [7, 11) is 0. The lowest BCUT2D eigenvalue weighted by atomic mass is 9.94. The van der Waals surface area contributed by atoms with Crippen molar-refractivity contribution in [2.24, 2.45) is 0 Å². The van der Waals surface area contributed by atoms with Crippen LogP contribution in [0.25, 0.3) is 89.5 Å². The maximum absolute atomic E-state index is 6.92. The average Bonchev–Trinajstić information content (AvgIpc) is 3.58. The van der Waals surface area contributed by atoms with Crippen molar-refractivity contribution in [2.75, 3.05) is 0 Å². The molecular weight excluding hydrogens is 599 g/mol. The van der Waals surface area contributed by atoms with Crippen LogP contribution in [-0.2, 0) is 0 Å². The maximum Gasteiger partial charge on any atom is 0.167 e. The molecule has 2 aromatic heterocycles. The second-order valence-electron chi connectivity index (χ2n) is 12.0. The van der Waals surface area contributed by atoms with Crippen molar-refractivity contribution in [2.45, 2.75) is 0 Å². The second-order valence-corrected chi connectivity index (χ2v) is 12.0. The molecule has 4 heteroatoms. The summed E-state index contributed by atoms with van der Waals surface area (Å²) in [5.41, 5.74) is 11.0. The monoisotopic (exact) mass is 627 g/mol. The predicted octanol–water partition coefficient (Wildman–Crippen LogP) is 11.8. The van der Waals surface area contributed by atoms with Gasteiger partial charge in [-0.3, -0.25) is 0 Å². The van der Waals surface area contributed by atoms with Crippen molar-refractivity contribution in [3.05, 3.63) is 176 Å². The highest BCUT2D eigenvalue weighted by molar-refractivity contribution is 6.14. The van der Waals surface area contributed by atoms with Gasteiger partial charge in [0.15, 0.2) is 17.5 Å². The fraction of sp³-hybridized carbons (Fsp3) is 0.